The van der Waals surface area contributed by atoms with Crippen LogP contribution in [0.3, 0.4) is 0 Å². The van der Waals surface area contributed by atoms with Gasteiger partial charge in [0.2, 0.25) is 15.9 Å². The third-order valence-corrected chi connectivity index (χ3v) is 7.20. The number of hydrogen-bond donors (Lipinski definition) is 2. The number of nitrogens with one attached hydrogen (secondary N) is 1. The Morgan fingerprint density at radius 3 is 2.52 bits per heavy atom. The van der Waals surface area contributed by atoms with Crippen LogP contribution in [-0.4, -0.2) is 40.8 Å². The molecule has 11 heteroatoms. The quantitative estimate of drug-likeness (QED) is 0.337. The van der Waals surface area contributed by atoms with Crippen LogP contribution in [0.5, 0.6) is 5.88 Å². The number of nitrogens with zero attached hydrogens (tertiary/aromatic N) is 4. The zero-order chi connectivity index (χ0) is 22.3. The molecule has 2 aromatic carbocycles. The molecule has 0 amide bonds. The number of fused-ring (bicyclic) bond motifs is 1. The van der Waals surface area contributed by atoms with E-state index >= 15 is 0 Å². The van der Waals surface area contributed by atoms with Crippen molar-refractivity contribution >= 4 is 38.0 Å². The number of hydrogen-bond acceptors (Lipinski definition) is 7. The standard InChI is InChI=1S/C20H21N5O5S/c1-12-9-13(2)18-15(10-12)19(20(26)21-18)23-22-16-6-5-14(11-17(16)25(27)28)31(29,30)24-7-3-4-8-24/h5-6,9-11,21,26H,3-4,7-8H2,1-2H3. The van der Waals surface area contributed by atoms with Crippen molar-refractivity contribution in [1.29, 1.82) is 0 Å². The zero-order valence-electron chi connectivity index (χ0n) is 17.0. The summed E-state index contributed by atoms with van der Waals surface area (Å²) >= 11 is 0. The number of sulfonamides is 1. The molecule has 0 unspecified atom stereocenters. The lowest BCUT2D eigenvalue weighted by molar-refractivity contribution is -0.384. The highest BCUT2D eigenvalue weighted by molar-refractivity contribution is 7.89. The lowest BCUT2D eigenvalue weighted by Gasteiger charge is -2.15. The number of aromatic hydroxyl groups is 1. The number of aryl methyl sites for hydroxylation is 2. The summed E-state index contributed by atoms with van der Waals surface area (Å²) in [6.45, 7) is 4.59. The summed E-state index contributed by atoms with van der Waals surface area (Å²) < 4.78 is 26.8. The van der Waals surface area contributed by atoms with Gasteiger partial charge in [-0.25, -0.2) is 8.42 Å². The third kappa shape index (κ3) is 3.77. The fourth-order valence-electron chi connectivity index (χ4n) is 3.80. The molecule has 0 aliphatic carbocycles. The summed E-state index contributed by atoms with van der Waals surface area (Å²) in [5.41, 5.74) is 2.14. The predicted molar refractivity (Wildman–Crippen MR) is 115 cm³/mol. The highest BCUT2D eigenvalue weighted by Crippen LogP contribution is 2.39. The number of H-pyrrole nitrogens is 1. The van der Waals surface area contributed by atoms with Crippen molar-refractivity contribution in [3.05, 3.63) is 51.6 Å². The van der Waals surface area contributed by atoms with Crippen LogP contribution >= 0.6 is 0 Å². The van der Waals surface area contributed by atoms with Gasteiger partial charge in [0.25, 0.3) is 5.69 Å². The topological polar surface area (TPSA) is 141 Å². The highest BCUT2D eigenvalue weighted by atomic mass is 32.2. The molecule has 3 aromatic rings. The lowest BCUT2D eigenvalue weighted by atomic mass is 10.1. The Bertz CT molecular complexity index is 1320. The van der Waals surface area contributed by atoms with Gasteiger partial charge in [-0.1, -0.05) is 11.6 Å². The van der Waals surface area contributed by atoms with Crippen molar-refractivity contribution in [2.75, 3.05) is 13.1 Å². The molecule has 1 fully saturated rings. The van der Waals surface area contributed by atoms with E-state index in [2.05, 4.69) is 15.2 Å². The Balaban J connectivity index is 1.76. The number of nitro benzene ring substituents is 1. The Morgan fingerprint density at radius 1 is 1.13 bits per heavy atom. The van der Waals surface area contributed by atoms with E-state index in [9.17, 15) is 23.6 Å². The molecule has 1 saturated heterocycles. The molecule has 31 heavy (non-hydrogen) atoms. The molecule has 0 spiro atoms. The average molecular weight is 443 g/mol. The Labute approximate surface area is 178 Å². The molecule has 1 aromatic heterocycles. The number of aromatic nitrogens is 1. The van der Waals surface area contributed by atoms with Crippen molar-refractivity contribution in [3.8, 4) is 5.88 Å². The Kier molecular flexibility index (Phi) is 5.23. The largest absolute Gasteiger partial charge is 0.493 e. The number of nitro groups is 1. The minimum absolute atomic E-state index is 0.108. The van der Waals surface area contributed by atoms with Crippen LogP contribution in [0.15, 0.2) is 45.5 Å². The van der Waals surface area contributed by atoms with E-state index < -0.39 is 20.6 Å². The van der Waals surface area contributed by atoms with E-state index in [1.807, 2.05) is 26.0 Å². The zero-order valence-corrected chi connectivity index (χ0v) is 17.8. The second-order valence-corrected chi connectivity index (χ2v) is 9.48. The van der Waals surface area contributed by atoms with E-state index in [1.54, 1.807) is 0 Å². The fourth-order valence-corrected chi connectivity index (χ4v) is 5.34. The molecular formula is C20H21N5O5S. The molecule has 2 heterocycles. The normalized spacial score (nSPS) is 15.3. The third-order valence-electron chi connectivity index (χ3n) is 5.31. The molecule has 10 nitrogen and oxygen atoms in total. The van der Waals surface area contributed by atoms with Crippen LogP contribution in [0.4, 0.5) is 17.1 Å². The molecular weight excluding hydrogens is 422 g/mol. The van der Waals surface area contributed by atoms with E-state index in [0.29, 0.717) is 24.0 Å². The first-order chi connectivity index (χ1) is 14.7. The second kappa shape index (κ2) is 7.75. The van der Waals surface area contributed by atoms with Gasteiger partial charge in [-0.3, -0.25) is 10.1 Å². The summed E-state index contributed by atoms with van der Waals surface area (Å²) in [5, 5.41) is 30.5. The minimum Gasteiger partial charge on any atom is -0.493 e. The Hall–Kier alpha value is -3.31. The predicted octanol–water partition coefficient (Wildman–Crippen LogP) is 4.60. The van der Waals surface area contributed by atoms with Gasteiger partial charge in [0.15, 0.2) is 11.4 Å². The highest BCUT2D eigenvalue weighted by Gasteiger charge is 2.29. The van der Waals surface area contributed by atoms with Gasteiger partial charge >= 0.3 is 0 Å². The average Bonchev–Trinajstić information content (AvgIpc) is 3.35. The molecule has 2 N–H and O–H groups in total. The van der Waals surface area contributed by atoms with Crippen LogP contribution in [0.1, 0.15) is 24.0 Å². The molecule has 4 rings (SSSR count). The fraction of sp³-hybridized carbons (Fsp3) is 0.300. The number of rotatable bonds is 5. The van der Waals surface area contributed by atoms with E-state index in [-0.39, 0.29) is 22.2 Å². The van der Waals surface area contributed by atoms with Crippen molar-refractivity contribution in [1.82, 2.24) is 9.29 Å². The molecule has 0 radical (unpaired) electrons. The maximum atomic E-state index is 12.7. The molecule has 1 aliphatic rings. The van der Waals surface area contributed by atoms with Gasteiger partial charge < -0.3 is 10.1 Å². The first-order valence-corrected chi connectivity index (χ1v) is 11.1. The smallest absolute Gasteiger partial charge is 0.298 e. The van der Waals surface area contributed by atoms with Gasteiger partial charge in [0, 0.05) is 24.5 Å². The van der Waals surface area contributed by atoms with E-state index in [0.717, 1.165) is 30.0 Å². The first-order valence-electron chi connectivity index (χ1n) is 9.70. The van der Waals surface area contributed by atoms with Gasteiger partial charge in [0.05, 0.1) is 15.3 Å². The minimum atomic E-state index is -3.80. The number of azo groups is 1. The molecule has 0 bridgehead atoms. The maximum absolute atomic E-state index is 12.7. The van der Waals surface area contributed by atoms with E-state index in [1.165, 1.54) is 16.4 Å². The van der Waals surface area contributed by atoms with Crippen molar-refractivity contribution in [2.24, 2.45) is 10.2 Å². The molecule has 0 atom stereocenters. The summed E-state index contributed by atoms with van der Waals surface area (Å²) in [7, 11) is -3.80. The Morgan fingerprint density at radius 2 is 1.84 bits per heavy atom. The van der Waals surface area contributed by atoms with Crippen LogP contribution in [-0.2, 0) is 10.0 Å². The van der Waals surface area contributed by atoms with Crippen molar-refractivity contribution in [3.63, 3.8) is 0 Å². The number of benzene rings is 2. The first kappa shape index (κ1) is 20.9. The molecule has 0 saturated carbocycles. The van der Waals surface area contributed by atoms with Gasteiger partial charge in [-0.05, 0) is 50.5 Å². The molecule has 162 valence electrons. The van der Waals surface area contributed by atoms with Gasteiger partial charge in [0.1, 0.15) is 0 Å². The number of aromatic amines is 1. The van der Waals surface area contributed by atoms with Crippen molar-refractivity contribution in [2.45, 2.75) is 31.6 Å². The molecule has 1 aliphatic heterocycles. The van der Waals surface area contributed by atoms with Crippen molar-refractivity contribution < 1.29 is 18.4 Å². The summed E-state index contributed by atoms with van der Waals surface area (Å²) in [5.74, 6) is -0.205. The summed E-state index contributed by atoms with van der Waals surface area (Å²) in [6.07, 6.45) is 1.53. The monoisotopic (exact) mass is 443 g/mol. The van der Waals surface area contributed by atoms with Gasteiger partial charge in [-0.2, -0.15) is 4.31 Å². The van der Waals surface area contributed by atoms with Crippen LogP contribution in [0.25, 0.3) is 10.9 Å². The van der Waals surface area contributed by atoms with E-state index in [4.69, 9.17) is 0 Å². The lowest BCUT2D eigenvalue weighted by Crippen LogP contribution is -2.27. The van der Waals surface area contributed by atoms with Crippen LogP contribution in [0, 0.1) is 24.0 Å². The summed E-state index contributed by atoms with van der Waals surface area (Å²) in [6, 6.07) is 7.33. The van der Waals surface area contributed by atoms with Crippen LogP contribution in [0.2, 0.25) is 0 Å². The SMILES string of the molecule is Cc1cc(C)c2[nH]c(O)c(N=Nc3ccc(S(=O)(=O)N4CCCC4)cc3[N+](=O)[O-])c2c1. The van der Waals surface area contributed by atoms with Gasteiger partial charge in [-0.15, -0.1) is 10.2 Å². The summed E-state index contributed by atoms with van der Waals surface area (Å²) in [4.78, 5) is 13.6. The van der Waals surface area contributed by atoms with Crippen LogP contribution < -0.4 is 0 Å². The maximum Gasteiger partial charge on any atom is 0.298 e. The second-order valence-electron chi connectivity index (χ2n) is 7.55.